The smallest absolute Gasteiger partial charge is 0.407 e. The topological polar surface area (TPSA) is 67.6 Å². The van der Waals surface area contributed by atoms with Crippen LogP contribution in [0.2, 0.25) is 0 Å². The summed E-state index contributed by atoms with van der Waals surface area (Å²) < 4.78 is 7.72. The Morgan fingerprint density at radius 2 is 2.30 bits per heavy atom. The molecule has 2 heterocycles. The van der Waals surface area contributed by atoms with Gasteiger partial charge in [0.1, 0.15) is 17.4 Å². The number of hydrogen-bond acceptors (Lipinski definition) is 3. The van der Waals surface area contributed by atoms with Gasteiger partial charge in [0.25, 0.3) is 0 Å². The van der Waals surface area contributed by atoms with E-state index in [1.807, 2.05) is 38.4 Å². The Balaban J connectivity index is 1.82. The third kappa shape index (κ3) is 2.17. The first-order valence-corrected chi connectivity index (χ1v) is 6.63. The van der Waals surface area contributed by atoms with Gasteiger partial charge in [0, 0.05) is 31.1 Å². The molecule has 106 valence electrons. The maximum absolute atomic E-state index is 11.1. The van der Waals surface area contributed by atoms with Crippen molar-refractivity contribution in [1.82, 2.24) is 14.7 Å². The Bertz CT molecular complexity index is 652. The molecule has 0 bridgehead atoms. The van der Waals surface area contributed by atoms with Crippen LogP contribution in [0.25, 0.3) is 10.9 Å². The van der Waals surface area contributed by atoms with Gasteiger partial charge >= 0.3 is 6.09 Å². The summed E-state index contributed by atoms with van der Waals surface area (Å²) in [5, 5.41) is 14.5. The lowest BCUT2D eigenvalue weighted by Gasteiger charge is -2.16. The van der Waals surface area contributed by atoms with Crippen LogP contribution in [-0.4, -0.2) is 44.6 Å². The number of aromatic nitrogens is 2. The van der Waals surface area contributed by atoms with Crippen molar-refractivity contribution >= 4 is 17.0 Å². The molecule has 3 rings (SSSR count). The second kappa shape index (κ2) is 4.70. The second-order valence-electron chi connectivity index (χ2n) is 5.26. The number of amides is 1. The molecule has 1 aromatic carbocycles. The average Bonchev–Trinajstić information content (AvgIpc) is 2.92. The van der Waals surface area contributed by atoms with E-state index in [2.05, 4.69) is 5.10 Å². The quantitative estimate of drug-likeness (QED) is 0.911. The Hall–Kier alpha value is -2.24. The summed E-state index contributed by atoms with van der Waals surface area (Å²) in [4.78, 5) is 12.5. The Morgan fingerprint density at radius 1 is 1.50 bits per heavy atom. The molecule has 1 aromatic heterocycles. The van der Waals surface area contributed by atoms with Crippen molar-refractivity contribution in [2.45, 2.75) is 25.5 Å². The molecule has 1 N–H and O–H groups in total. The van der Waals surface area contributed by atoms with Crippen LogP contribution in [0.15, 0.2) is 24.4 Å². The average molecular weight is 275 g/mol. The number of benzene rings is 1. The number of ether oxygens (including phenoxy) is 1. The Kier molecular flexibility index (Phi) is 3.00. The number of carboxylic acid groups (broad SMARTS) is 1. The van der Waals surface area contributed by atoms with Gasteiger partial charge < -0.3 is 14.7 Å². The van der Waals surface area contributed by atoms with Gasteiger partial charge in [-0.05, 0) is 13.0 Å². The minimum atomic E-state index is -0.889. The molecule has 2 unspecified atom stereocenters. The molecule has 20 heavy (non-hydrogen) atoms. The Labute approximate surface area is 116 Å². The van der Waals surface area contributed by atoms with Gasteiger partial charge in [-0.3, -0.25) is 4.68 Å². The molecule has 1 aliphatic heterocycles. The van der Waals surface area contributed by atoms with E-state index >= 15 is 0 Å². The van der Waals surface area contributed by atoms with E-state index in [1.54, 1.807) is 4.68 Å². The summed E-state index contributed by atoms with van der Waals surface area (Å²) in [6.07, 6.45) is 1.63. The standard InChI is InChI=1S/C14H17N3O3/c1-9-6-11(8-17(9)14(18)19)20-12-5-3-4-10-7-16(2)15-13(10)12/h3-5,7,9,11H,6,8H2,1-2H3,(H,18,19). The number of fused-ring (bicyclic) bond motifs is 1. The van der Waals surface area contributed by atoms with E-state index in [0.717, 1.165) is 10.9 Å². The minimum Gasteiger partial charge on any atom is -0.486 e. The summed E-state index contributed by atoms with van der Waals surface area (Å²) in [6, 6.07) is 5.77. The zero-order chi connectivity index (χ0) is 14.3. The number of likely N-dealkylation sites (tertiary alicyclic amines) is 1. The van der Waals surface area contributed by atoms with Gasteiger partial charge in [-0.25, -0.2) is 4.79 Å². The number of nitrogens with zero attached hydrogens (tertiary/aromatic N) is 3. The first-order chi connectivity index (χ1) is 9.54. The van der Waals surface area contributed by atoms with Crippen molar-refractivity contribution < 1.29 is 14.6 Å². The van der Waals surface area contributed by atoms with E-state index in [9.17, 15) is 4.79 Å². The van der Waals surface area contributed by atoms with Crippen molar-refractivity contribution in [2.75, 3.05) is 6.54 Å². The summed E-state index contributed by atoms with van der Waals surface area (Å²) >= 11 is 0. The normalized spacial score (nSPS) is 22.4. The van der Waals surface area contributed by atoms with Crippen molar-refractivity contribution in [3.8, 4) is 5.75 Å². The van der Waals surface area contributed by atoms with Gasteiger partial charge in [-0.2, -0.15) is 5.10 Å². The van der Waals surface area contributed by atoms with Crippen molar-refractivity contribution in [2.24, 2.45) is 7.05 Å². The zero-order valence-corrected chi connectivity index (χ0v) is 11.5. The van der Waals surface area contributed by atoms with Crippen LogP contribution < -0.4 is 4.74 Å². The highest BCUT2D eigenvalue weighted by Crippen LogP contribution is 2.28. The van der Waals surface area contributed by atoms with Gasteiger partial charge in [0.05, 0.1) is 6.54 Å². The third-order valence-corrected chi connectivity index (χ3v) is 3.69. The predicted molar refractivity (Wildman–Crippen MR) is 73.9 cm³/mol. The highest BCUT2D eigenvalue weighted by molar-refractivity contribution is 5.84. The van der Waals surface area contributed by atoms with Crippen LogP contribution in [0.1, 0.15) is 13.3 Å². The maximum atomic E-state index is 11.1. The van der Waals surface area contributed by atoms with Gasteiger partial charge in [-0.15, -0.1) is 0 Å². The van der Waals surface area contributed by atoms with Crippen LogP contribution in [0.4, 0.5) is 4.79 Å². The molecule has 2 aromatic rings. The highest BCUT2D eigenvalue weighted by Gasteiger charge is 2.33. The van der Waals surface area contributed by atoms with Crippen LogP contribution in [0.5, 0.6) is 5.75 Å². The van der Waals surface area contributed by atoms with Crippen LogP contribution >= 0.6 is 0 Å². The highest BCUT2D eigenvalue weighted by atomic mass is 16.5. The molecular formula is C14H17N3O3. The number of carbonyl (C=O) groups is 1. The second-order valence-corrected chi connectivity index (χ2v) is 5.26. The molecule has 0 saturated carbocycles. The number of rotatable bonds is 2. The summed E-state index contributed by atoms with van der Waals surface area (Å²) in [6.45, 7) is 2.30. The summed E-state index contributed by atoms with van der Waals surface area (Å²) in [5.41, 5.74) is 0.816. The molecule has 1 saturated heterocycles. The molecule has 2 atom stereocenters. The minimum absolute atomic E-state index is 0.0135. The third-order valence-electron chi connectivity index (χ3n) is 3.69. The lowest BCUT2D eigenvalue weighted by Crippen LogP contribution is -2.33. The molecule has 1 fully saturated rings. The molecule has 1 amide bonds. The lowest BCUT2D eigenvalue weighted by atomic mass is 10.2. The van der Waals surface area contributed by atoms with Crippen LogP contribution in [-0.2, 0) is 7.05 Å². The molecule has 0 radical (unpaired) electrons. The fourth-order valence-corrected chi connectivity index (χ4v) is 2.75. The van der Waals surface area contributed by atoms with Crippen molar-refractivity contribution in [3.63, 3.8) is 0 Å². The van der Waals surface area contributed by atoms with Crippen molar-refractivity contribution in [1.29, 1.82) is 0 Å². The Morgan fingerprint density at radius 3 is 3.00 bits per heavy atom. The fourth-order valence-electron chi connectivity index (χ4n) is 2.75. The SMILES string of the molecule is CC1CC(Oc2cccc3cn(C)nc23)CN1C(=O)O. The maximum Gasteiger partial charge on any atom is 0.407 e. The van der Waals surface area contributed by atoms with E-state index in [-0.39, 0.29) is 12.1 Å². The van der Waals surface area contributed by atoms with Crippen LogP contribution in [0.3, 0.4) is 0 Å². The van der Waals surface area contributed by atoms with Crippen molar-refractivity contribution in [3.05, 3.63) is 24.4 Å². The van der Waals surface area contributed by atoms with Gasteiger partial charge in [-0.1, -0.05) is 12.1 Å². The van der Waals surface area contributed by atoms with E-state index < -0.39 is 6.09 Å². The molecule has 6 heteroatoms. The van der Waals surface area contributed by atoms with Gasteiger partial charge in [0.15, 0.2) is 0 Å². The van der Waals surface area contributed by atoms with E-state index in [1.165, 1.54) is 4.90 Å². The first kappa shape index (κ1) is 12.8. The lowest BCUT2D eigenvalue weighted by molar-refractivity contribution is 0.137. The summed E-state index contributed by atoms with van der Waals surface area (Å²) in [5.74, 6) is 0.715. The molecular weight excluding hydrogens is 258 g/mol. The molecule has 1 aliphatic rings. The number of hydrogen-bond donors (Lipinski definition) is 1. The first-order valence-electron chi connectivity index (χ1n) is 6.63. The van der Waals surface area contributed by atoms with Gasteiger partial charge in [0.2, 0.25) is 0 Å². The number of aryl methyl sites for hydroxylation is 1. The largest absolute Gasteiger partial charge is 0.486 e. The predicted octanol–water partition coefficient (Wildman–Crippen LogP) is 2.09. The van der Waals surface area contributed by atoms with E-state index in [4.69, 9.17) is 9.84 Å². The summed E-state index contributed by atoms with van der Waals surface area (Å²) in [7, 11) is 1.87. The van der Waals surface area contributed by atoms with Crippen LogP contribution in [0, 0.1) is 0 Å². The molecule has 0 aliphatic carbocycles. The van der Waals surface area contributed by atoms with E-state index in [0.29, 0.717) is 18.7 Å². The fraction of sp³-hybridized carbons (Fsp3) is 0.429. The molecule has 0 spiro atoms. The monoisotopic (exact) mass is 275 g/mol. The zero-order valence-electron chi connectivity index (χ0n) is 11.5. The molecule has 6 nitrogen and oxygen atoms in total.